The summed E-state index contributed by atoms with van der Waals surface area (Å²) < 4.78 is 7.17. The molecule has 0 aliphatic rings. The topological polar surface area (TPSA) is 102 Å². The van der Waals surface area contributed by atoms with Crippen molar-refractivity contribution in [1.82, 2.24) is 30.2 Å². The largest absolute Gasteiger partial charge is 0.464 e. The Morgan fingerprint density at radius 1 is 1.26 bits per heavy atom. The molecular weight excluding hydrogens is 432 g/mol. The van der Waals surface area contributed by atoms with Gasteiger partial charge in [0.1, 0.15) is 16.4 Å². The summed E-state index contributed by atoms with van der Waals surface area (Å²) in [7, 11) is 0. The van der Waals surface area contributed by atoms with Crippen LogP contribution in [-0.2, 0) is 0 Å². The van der Waals surface area contributed by atoms with Gasteiger partial charge in [0, 0.05) is 10.9 Å². The minimum absolute atomic E-state index is 0.165. The molecule has 4 aromatic heterocycles. The van der Waals surface area contributed by atoms with Crippen LogP contribution in [0.4, 0.5) is 0 Å². The lowest BCUT2D eigenvalue weighted by molar-refractivity contribution is 0.583. The van der Waals surface area contributed by atoms with Gasteiger partial charge in [-0.1, -0.05) is 29.5 Å². The molecule has 4 heterocycles. The third-order valence-electron chi connectivity index (χ3n) is 4.94. The Balaban J connectivity index is 1.48. The molecule has 1 atom stereocenters. The van der Waals surface area contributed by atoms with E-state index in [4.69, 9.17) is 9.40 Å². The molecule has 0 spiro atoms. The predicted molar refractivity (Wildman–Crippen MR) is 121 cm³/mol. The van der Waals surface area contributed by atoms with E-state index in [1.165, 1.54) is 28.7 Å². The van der Waals surface area contributed by atoms with E-state index in [9.17, 15) is 4.79 Å². The van der Waals surface area contributed by atoms with Crippen LogP contribution in [0.2, 0.25) is 0 Å². The maximum absolute atomic E-state index is 12.9. The lowest BCUT2D eigenvalue weighted by Gasteiger charge is -2.12. The average Bonchev–Trinajstić information content (AvgIpc) is 3.48. The number of aromatic nitrogens is 6. The highest BCUT2D eigenvalue weighted by Crippen LogP contribution is 2.35. The summed E-state index contributed by atoms with van der Waals surface area (Å²) in [6.45, 7) is 6.05. The van der Waals surface area contributed by atoms with E-state index in [-0.39, 0.29) is 10.8 Å². The number of nitrogens with one attached hydrogen (secondary N) is 1. The number of thioether (sulfide) groups is 1. The zero-order valence-electron chi connectivity index (χ0n) is 17.0. The number of rotatable bonds is 5. The van der Waals surface area contributed by atoms with E-state index in [0.717, 1.165) is 16.8 Å². The summed E-state index contributed by atoms with van der Waals surface area (Å²) >= 11 is 2.86. The number of nitrogens with zero attached hydrogens (tertiary/aromatic N) is 5. The van der Waals surface area contributed by atoms with Gasteiger partial charge in [0.05, 0.1) is 22.6 Å². The Labute approximate surface area is 185 Å². The molecule has 5 aromatic rings. The fourth-order valence-electron chi connectivity index (χ4n) is 3.43. The second kappa shape index (κ2) is 7.78. The molecule has 0 saturated heterocycles. The van der Waals surface area contributed by atoms with Crippen LogP contribution in [0.15, 0.2) is 56.3 Å². The van der Waals surface area contributed by atoms with Gasteiger partial charge in [-0.05, 0) is 55.0 Å². The summed E-state index contributed by atoms with van der Waals surface area (Å²) in [4.78, 5) is 21.2. The minimum atomic E-state index is -0.186. The third kappa shape index (κ3) is 3.57. The summed E-state index contributed by atoms with van der Waals surface area (Å²) in [5, 5.41) is 15.1. The number of fused-ring (bicyclic) bond motifs is 1. The van der Waals surface area contributed by atoms with Crippen molar-refractivity contribution in [2.24, 2.45) is 0 Å². The van der Waals surface area contributed by atoms with Crippen LogP contribution in [0.25, 0.3) is 27.2 Å². The molecule has 0 amide bonds. The Hall–Kier alpha value is -3.24. The first-order valence-electron chi connectivity index (χ1n) is 9.59. The molecule has 0 aliphatic heterocycles. The molecule has 1 unspecified atom stereocenters. The molecule has 0 aliphatic carbocycles. The monoisotopic (exact) mass is 450 g/mol. The highest BCUT2D eigenvalue weighted by Gasteiger charge is 2.20. The van der Waals surface area contributed by atoms with Crippen LogP contribution in [0.1, 0.15) is 29.1 Å². The van der Waals surface area contributed by atoms with Crippen molar-refractivity contribution < 1.29 is 4.42 Å². The summed E-state index contributed by atoms with van der Waals surface area (Å²) in [5.41, 5.74) is 3.75. The quantitative estimate of drug-likeness (QED) is 0.388. The lowest BCUT2D eigenvalue weighted by Crippen LogP contribution is -2.12. The SMILES string of the molecule is Cc1ccc(-n2nnnc2SC(C)c2nc3scc(-c4ccco4)c3c(=O)[nH]2)c(C)c1. The molecule has 0 bridgehead atoms. The molecular formula is C21H18N6O2S2. The number of benzene rings is 1. The standard InChI is InChI=1S/C21H18N6O2S2/c1-11-6-7-15(12(2)9-11)27-21(24-25-26-27)31-13(3)18-22-19(28)17-14(10-30-20(17)23-18)16-5-4-8-29-16/h4-10,13H,1-3H3,(H,22,23,28). The third-order valence-corrected chi connectivity index (χ3v) is 6.85. The smallest absolute Gasteiger partial charge is 0.260 e. The van der Waals surface area contributed by atoms with Gasteiger partial charge in [-0.15, -0.1) is 16.4 Å². The fraction of sp³-hybridized carbons (Fsp3) is 0.190. The van der Waals surface area contributed by atoms with Gasteiger partial charge in [0.25, 0.3) is 5.56 Å². The highest BCUT2D eigenvalue weighted by molar-refractivity contribution is 7.99. The average molecular weight is 451 g/mol. The lowest BCUT2D eigenvalue weighted by atomic mass is 10.1. The van der Waals surface area contributed by atoms with E-state index in [1.54, 1.807) is 17.0 Å². The van der Waals surface area contributed by atoms with Crippen molar-refractivity contribution in [3.63, 3.8) is 0 Å². The van der Waals surface area contributed by atoms with Crippen LogP contribution in [0, 0.1) is 13.8 Å². The molecule has 31 heavy (non-hydrogen) atoms. The van der Waals surface area contributed by atoms with E-state index >= 15 is 0 Å². The van der Waals surface area contributed by atoms with Crippen molar-refractivity contribution in [2.75, 3.05) is 0 Å². The highest BCUT2D eigenvalue weighted by atomic mass is 32.2. The van der Waals surface area contributed by atoms with Gasteiger partial charge in [-0.25, -0.2) is 4.98 Å². The maximum atomic E-state index is 12.9. The number of aryl methyl sites for hydroxylation is 2. The zero-order valence-corrected chi connectivity index (χ0v) is 18.6. The molecule has 1 N–H and O–H groups in total. The van der Waals surface area contributed by atoms with E-state index in [0.29, 0.717) is 27.0 Å². The van der Waals surface area contributed by atoms with Crippen LogP contribution >= 0.6 is 23.1 Å². The Kier molecular flexibility index (Phi) is 4.95. The predicted octanol–water partition coefficient (Wildman–Crippen LogP) is 4.69. The minimum Gasteiger partial charge on any atom is -0.464 e. The van der Waals surface area contributed by atoms with Gasteiger partial charge in [-0.3, -0.25) is 4.79 Å². The van der Waals surface area contributed by atoms with Crippen molar-refractivity contribution in [2.45, 2.75) is 31.2 Å². The second-order valence-electron chi connectivity index (χ2n) is 7.18. The Morgan fingerprint density at radius 3 is 2.90 bits per heavy atom. The first-order valence-corrected chi connectivity index (χ1v) is 11.3. The Bertz CT molecular complexity index is 1430. The van der Waals surface area contributed by atoms with Crippen LogP contribution in [-0.4, -0.2) is 30.2 Å². The molecule has 1 aromatic carbocycles. The van der Waals surface area contributed by atoms with Gasteiger partial charge in [-0.2, -0.15) is 4.68 Å². The van der Waals surface area contributed by atoms with Crippen LogP contribution in [0.3, 0.4) is 0 Å². The van der Waals surface area contributed by atoms with E-state index in [2.05, 4.69) is 26.6 Å². The first-order chi connectivity index (χ1) is 15.0. The van der Waals surface area contributed by atoms with Gasteiger partial charge in [0.15, 0.2) is 0 Å². The summed E-state index contributed by atoms with van der Waals surface area (Å²) in [5.74, 6) is 1.23. The van der Waals surface area contributed by atoms with Crippen molar-refractivity contribution >= 4 is 33.3 Å². The summed E-state index contributed by atoms with van der Waals surface area (Å²) in [6, 6.07) is 9.76. The zero-order chi connectivity index (χ0) is 21.5. The van der Waals surface area contributed by atoms with Gasteiger partial charge in [0.2, 0.25) is 5.16 Å². The Morgan fingerprint density at radius 2 is 2.13 bits per heavy atom. The van der Waals surface area contributed by atoms with Crippen molar-refractivity contribution in [1.29, 1.82) is 0 Å². The molecule has 0 fully saturated rings. The maximum Gasteiger partial charge on any atom is 0.260 e. The number of hydrogen-bond acceptors (Lipinski definition) is 8. The molecule has 156 valence electrons. The number of furan rings is 1. The summed E-state index contributed by atoms with van der Waals surface area (Å²) in [6.07, 6.45) is 1.59. The molecule has 10 heteroatoms. The van der Waals surface area contributed by atoms with E-state index in [1.807, 2.05) is 44.4 Å². The molecule has 5 rings (SSSR count). The van der Waals surface area contributed by atoms with Crippen molar-refractivity contribution in [3.8, 4) is 17.0 Å². The normalized spacial score (nSPS) is 12.5. The van der Waals surface area contributed by atoms with Gasteiger partial charge < -0.3 is 9.40 Å². The number of thiophene rings is 1. The van der Waals surface area contributed by atoms with Crippen molar-refractivity contribution in [3.05, 3.63) is 69.3 Å². The van der Waals surface area contributed by atoms with Gasteiger partial charge >= 0.3 is 0 Å². The molecule has 8 nitrogen and oxygen atoms in total. The number of H-pyrrole nitrogens is 1. The number of aromatic amines is 1. The first kappa shape index (κ1) is 19.7. The van der Waals surface area contributed by atoms with Crippen LogP contribution < -0.4 is 5.56 Å². The second-order valence-corrected chi connectivity index (χ2v) is 9.35. The number of hydrogen-bond donors (Lipinski definition) is 1. The van der Waals surface area contributed by atoms with E-state index < -0.39 is 0 Å². The molecule has 0 radical (unpaired) electrons. The number of tetrazole rings is 1. The molecule has 0 saturated carbocycles. The van der Waals surface area contributed by atoms with Crippen LogP contribution in [0.5, 0.6) is 0 Å². The fourth-order valence-corrected chi connectivity index (χ4v) is 5.22.